The number of aryl methyl sites for hydroxylation is 4. The van der Waals surface area contributed by atoms with Crippen LogP contribution in [0.15, 0.2) is 12.1 Å². The van der Waals surface area contributed by atoms with Crippen molar-refractivity contribution in [1.29, 1.82) is 0 Å². The molecule has 0 saturated carbocycles. The number of hydrogen-bond acceptors (Lipinski definition) is 2. The molecule has 0 saturated heterocycles. The zero-order valence-electron chi connectivity index (χ0n) is 13.9. The van der Waals surface area contributed by atoms with Crippen molar-refractivity contribution in [3.05, 3.63) is 40.3 Å². The van der Waals surface area contributed by atoms with Crippen molar-refractivity contribution in [2.24, 2.45) is 0 Å². The summed E-state index contributed by atoms with van der Waals surface area (Å²) in [6.07, 6.45) is -0.465. The summed E-state index contributed by atoms with van der Waals surface area (Å²) in [4.78, 5) is 1.68. The monoisotopic (exact) mass is 280 g/mol. The van der Waals surface area contributed by atoms with E-state index in [1.54, 1.807) is 28.4 Å². The third-order valence-corrected chi connectivity index (χ3v) is 3.24. The molecule has 2 rings (SSSR count). The first-order valence-corrected chi connectivity index (χ1v) is 6.60. The molecule has 0 amide bonds. The minimum absolute atomic E-state index is 0. The van der Waals surface area contributed by atoms with E-state index < -0.39 is 6.17 Å². The van der Waals surface area contributed by atoms with Crippen molar-refractivity contribution in [2.75, 3.05) is 14.1 Å². The molecule has 0 fully saturated rings. The maximum atomic E-state index is 10.5. The van der Waals surface area contributed by atoms with Crippen molar-refractivity contribution in [1.82, 2.24) is 24.5 Å². The van der Waals surface area contributed by atoms with Gasteiger partial charge >= 0.3 is 18.9 Å². The fourth-order valence-electron chi connectivity index (χ4n) is 2.34. The van der Waals surface area contributed by atoms with E-state index in [4.69, 9.17) is 0 Å². The van der Waals surface area contributed by atoms with Crippen molar-refractivity contribution in [3.8, 4) is 0 Å². The van der Waals surface area contributed by atoms with Crippen molar-refractivity contribution in [2.45, 2.75) is 33.9 Å². The van der Waals surface area contributed by atoms with E-state index in [1.165, 1.54) is 0 Å². The molecule has 0 bridgehead atoms. The molecule has 0 aromatic carbocycles. The maximum Gasteiger partial charge on any atom is 1.00 e. The van der Waals surface area contributed by atoms with Crippen LogP contribution in [0.4, 0.5) is 0 Å². The van der Waals surface area contributed by atoms with Crippen LogP contribution in [-0.4, -0.2) is 44.4 Å². The first kappa shape index (κ1) is 17.5. The summed E-state index contributed by atoms with van der Waals surface area (Å²) in [7, 11) is 3.61. The maximum absolute atomic E-state index is 10.5. The second-order valence-corrected chi connectivity index (χ2v) is 5.37. The summed E-state index contributed by atoms with van der Waals surface area (Å²) in [5, 5.41) is 19.5. The molecular weight excluding hydrogens is 259 g/mol. The number of rotatable bonds is 3. The number of amidine groups is 1. The van der Waals surface area contributed by atoms with Crippen LogP contribution in [0.2, 0.25) is 0 Å². The number of aromatic nitrogens is 4. The molecule has 6 nitrogen and oxygen atoms in total. The van der Waals surface area contributed by atoms with Gasteiger partial charge in [-0.3, -0.25) is 0 Å². The quantitative estimate of drug-likeness (QED) is 0.407. The Hall–Kier alpha value is -1.51. The summed E-state index contributed by atoms with van der Waals surface area (Å²) < 4.78 is 3.59. The second kappa shape index (κ2) is 6.50. The average molecular weight is 280 g/mol. The Morgan fingerprint density at radius 3 is 1.62 bits per heavy atom. The SMILES string of the molecule is Cc1cc(C)n(C(C(=[N-])N(C)C)n2nc(C)cc2C)n1.[Li+]. The molecule has 0 aliphatic rings. The van der Waals surface area contributed by atoms with Gasteiger partial charge in [0.15, 0.2) is 6.17 Å². The smallest absolute Gasteiger partial charge is 0.475 e. The summed E-state index contributed by atoms with van der Waals surface area (Å²) in [5.41, 5.74) is 3.79. The molecule has 7 heteroatoms. The van der Waals surface area contributed by atoms with E-state index >= 15 is 0 Å². The molecule has 2 aromatic rings. The third-order valence-electron chi connectivity index (χ3n) is 3.24. The van der Waals surface area contributed by atoms with Crippen LogP contribution in [0.5, 0.6) is 0 Å². The Kier molecular flexibility index (Phi) is 5.43. The molecule has 0 atom stereocenters. The first-order chi connectivity index (χ1) is 9.31. The van der Waals surface area contributed by atoms with Gasteiger partial charge in [0, 0.05) is 11.4 Å². The summed E-state index contributed by atoms with van der Waals surface area (Å²) in [6, 6.07) is 3.98. The molecular formula is C14H21LiN6. The Morgan fingerprint density at radius 2 is 1.38 bits per heavy atom. The summed E-state index contributed by atoms with van der Waals surface area (Å²) >= 11 is 0. The van der Waals surface area contributed by atoms with Crippen molar-refractivity contribution in [3.63, 3.8) is 0 Å². The van der Waals surface area contributed by atoms with E-state index in [0.717, 1.165) is 22.8 Å². The predicted molar refractivity (Wildman–Crippen MR) is 79.9 cm³/mol. The van der Waals surface area contributed by atoms with Gasteiger partial charge in [-0.25, -0.2) is 9.36 Å². The van der Waals surface area contributed by atoms with Crippen molar-refractivity contribution >= 4 is 5.84 Å². The normalized spacial score (nSPS) is 10.6. The van der Waals surface area contributed by atoms with Crippen LogP contribution < -0.4 is 18.9 Å². The van der Waals surface area contributed by atoms with Crippen LogP contribution in [-0.2, 0) is 0 Å². The Morgan fingerprint density at radius 1 is 1.00 bits per heavy atom. The van der Waals surface area contributed by atoms with Crippen LogP contribution >= 0.6 is 0 Å². The van der Waals surface area contributed by atoms with Gasteiger partial charge in [-0.05, 0) is 45.7 Å². The molecule has 0 radical (unpaired) electrons. The van der Waals surface area contributed by atoms with Crippen LogP contribution in [0.3, 0.4) is 0 Å². The second-order valence-electron chi connectivity index (χ2n) is 5.37. The van der Waals surface area contributed by atoms with E-state index in [2.05, 4.69) is 10.2 Å². The van der Waals surface area contributed by atoms with Crippen molar-refractivity contribution < 1.29 is 18.9 Å². The van der Waals surface area contributed by atoms with Crippen LogP contribution in [0.25, 0.3) is 5.41 Å². The van der Waals surface area contributed by atoms with Gasteiger partial charge in [0.2, 0.25) is 0 Å². The van der Waals surface area contributed by atoms with E-state index in [9.17, 15) is 5.41 Å². The van der Waals surface area contributed by atoms with Gasteiger partial charge in [0.05, 0.1) is 11.4 Å². The van der Waals surface area contributed by atoms with Gasteiger partial charge in [-0.1, -0.05) is 14.1 Å². The first-order valence-electron chi connectivity index (χ1n) is 6.60. The van der Waals surface area contributed by atoms with Gasteiger partial charge in [0.1, 0.15) is 0 Å². The minimum Gasteiger partial charge on any atom is -0.475 e. The molecule has 2 heterocycles. The van der Waals surface area contributed by atoms with Gasteiger partial charge < -0.3 is 10.3 Å². The fourth-order valence-corrected chi connectivity index (χ4v) is 2.34. The average Bonchev–Trinajstić information content (AvgIpc) is 2.83. The van der Waals surface area contributed by atoms with E-state index in [0.29, 0.717) is 0 Å². The van der Waals surface area contributed by atoms with Gasteiger partial charge in [-0.15, -0.1) is 0 Å². The number of hydrogen-bond donors (Lipinski definition) is 0. The topological polar surface area (TPSA) is 61.2 Å². The standard InChI is InChI=1S/C14H21N6.Li/c1-9-7-11(3)19(16-9)14(13(15)18(5)6)20-12(4)8-10(2)17-20;/h7-8,14H,1-6H3;/q-1;+1. The third kappa shape index (κ3) is 3.39. The van der Waals surface area contributed by atoms with Gasteiger partial charge in [-0.2, -0.15) is 10.2 Å². The Labute approximate surface area is 137 Å². The van der Waals surface area contributed by atoms with Crippen LogP contribution in [0.1, 0.15) is 28.9 Å². The molecule has 108 valence electrons. The summed E-state index contributed by atoms with van der Waals surface area (Å²) in [6.45, 7) is 7.83. The minimum atomic E-state index is -0.465. The molecule has 2 aromatic heterocycles. The molecule has 0 unspecified atom stereocenters. The number of likely N-dealkylation sites (N-methyl/N-ethyl adjacent to an activating group) is 1. The molecule has 0 aliphatic carbocycles. The van der Waals surface area contributed by atoms with E-state index in [-0.39, 0.29) is 24.7 Å². The zero-order valence-corrected chi connectivity index (χ0v) is 13.9. The molecule has 0 spiro atoms. The fraction of sp³-hybridized carbons (Fsp3) is 0.500. The molecule has 0 aliphatic heterocycles. The van der Waals surface area contributed by atoms with Crippen LogP contribution in [0, 0.1) is 27.7 Å². The summed E-state index contributed by atoms with van der Waals surface area (Å²) in [5.74, 6) is 0.197. The largest absolute Gasteiger partial charge is 1.00 e. The van der Waals surface area contributed by atoms with Gasteiger partial charge in [0.25, 0.3) is 0 Å². The Bertz CT molecular complexity index is 594. The molecule has 21 heavy (non-hydrogen) atoms. The predicted octanol–water partition coefficient (Wildman–Crippen LogP) is -1.11. The van der Waals surface area contributed by atoms with E-state index in [1.807, 2.05) is 39.8 Å². The number of nitrogens with zero attached hydrogens (tertiary/aromatic N) is 6. The zero-order chi connectivity index (χ0) is 15.0. The Balaban J connectivity index is 0.00000220. The molecule has 0 N–H and O–H groups in total.